The Kier molecular flexibility index (Phi) is 8.87. The number of nitrogens with zero attached hydrogens (tertiary/aromatic N) is 1. The third-order valence-corrected chi connectivity index (χ3v) is 7.09. The summed E-state index contributed by atoms with van der Waals surface area (Å²) in [5.74, 6) is 0.633. The van der Waals surface area contributed by atoms with Crippen molar-refractivity contribution in [3.63, 3.8) is 0 Å². The first-order chi connectivity index (χ1) is 17.8. The van der Waals surface area contributed by atoms with Crippen molar-refractivity contribution in [3.8, 4) is 17.2 Å². The summed E-state index contributed by atoms with van der Waals surface area (Å²) in [5, 5.41) is 11.9. The van der Waals surface area contributed by atoms with E-state index in [2.05, 4.69) is 10.3 Å². The summed E-state index contributed by atoms with van der Waals surface area (Å²) in [6, 6.07) is 16.7. The number of carbonyl (C=O) groups is 2. The van der Waals surface area contributed by atoms with E-state index in [4.69, 9.17) is 37.5 Å². The van der Waals surface area contributed by atoms with Crippen LogP contribution in [0.5, 0.6) is 5.75 Å². The molecule has 2 aromatic carbocycles. The molecule has 0 aliphatic carbocycles. The lowest BCUT2D eigenvalue weighted by Crippen LogP contribution is -2.23. The number of ether oxygens (including phenoxy) is 1. The Hall–Kier alpha value is -3.33. The van der Waals surface area contributed by atoms with E-state index in [1.807, 2.05) is 49.4 Å². The van der Waals surface area contributed by atoms with Gasteiger partial charge in [0.1, 0.15) is 15.8 Å². The van der Waals surface area contributed by atoms with Crippen molar-refractivity contribution in [3.05, 3.63) is 91.4 Å². The Bertz CT molecular complexity index is 1400. The number of oxazole rings is 1. The number of aryl methyl sites for hydroxylation is 2. The second kappa shape index (κ2) is 12.3. The van der Waals surface area contributed by atoms with Gasteiger partial charge in [-0.2, -0.15) is 0 Å². The van der Waals surface area contributed by atoms with Crippen LogP contribution in [0.4, 0.5) is 0 Å². The molecule has 2 N–H and O–H groups in total. The van der Waals surface area contributed by atoms with E-state index < -0.39 is 5.97 Å². The molecule has 4 aromatic rings. The van der Waals surface area contributed by atoms with Gasteiger partial charge in [0.05, 0.1) is 22.2 Å². The van der Waals surface area contributed by atoms with E-state index in [1.165, 1.54) is 6.07 Å². The molecular formula is C27H24Cl2N2O5S. The first-order valence-corrected chi connectivity index (χ1v) is 13.1. The number of thiophene rings is 1. The van der Waals surface area contributed by atoms with Gasteiger partial charge in [-0.05, 0) is 43.2 Å². The van der Waals surface area contributed by atoms with Crippen LogP contribution in [0, 0.1) is 6.92 Å². The summed E-state index contributed by atoms with van der Waals surface area (Å²) >= 11 is 13.2. The number of benzene rings is 2. The van der Waals surface area contributed by atoms with Crippen molar-refractivity contribution >= 4 is 46.4 Å². The Labute approximate surface area is 228 Å². The SMILES string of the molecule is Cc1oc(-c2ccccc2)nc1CCOc1ccc(CCC(=O)O)cc1CNC(=O)c1cc(Cl)sc1Cl. The molecule has 2 heterocycles. The van der Waals surface area contributed by atoms with Gasteiger partial charge in [0.25, 0.3) is 5.91 Å². The van der Waals surface area contributed by atoms with E-state index in [-0.39, 0.29) is 18.9 Å². The van der Waals surface area contributed by atoms with Crippen LogP contribution in [-0.2, 0) is 24.2 Å². The second-order valence-electron chi connectivity index (χ2n) is 8.24. The van der Waals surface area contributed by atoms with Crippen LogP contribution in [0.1, 0.15) is 39.4 Å². The Morgan fingerprint density at radius 3 is 2.59 bits per heavy atom. The molecule has 0 saturated carbocycles. The molecule has 0 spiro atoms. The largest absolute Gasteiger partial charge is 0.493 e. The summed E-state index contributed by atoms with van der Waals surface area (Å²) in [6.45, 7) is 2.37. The number of amides is 1. The average Bonchev–Trinajstić information content (AvgIpc) is 3.43. The number of rotatable bonds is 11. The first kappa shape index (κ1) is 26.7. The summed E-state index contributed by atoms with van der Waals surface area (Å²) in [6.07, 6.45) is 0.894. The molecule has 2 aromatic heterocycles. The number of aliphatic carboxylic acids is 1. The van der Waals surface area contributed by atoms with E-state index in [1.54, 1.807) is 6.07 Å². The van der Waals surface area contributed by atoms with Crippen molar-refractivity contribution in [1.82, 2.24) is 10.3 Å². The molecule has 10 heteroatoms. The highest BCUT2D eigenvalue weighted by atomic mass is 35.5. The van der Waals surface area contributed by atoms with Crippen LogP contribution >= 0.6 is 34.5 Å². The predicted octanol–water partition coefficient (Wildman–Crippen LogP) is 6.59. The molecule has 1 amide bonds. The molecule has 0 unspecified atom stereocenters. The second-order valence-corrected chi connectivity index (χ2v) is 10.5. The average molecular weight is 559 g/mol. The molecule has 0 bridgehead atoms. The number of hydrogen-bond donors (Lipinski definition) is 2. The Morgan fingerprint density at radius 1 is 1.11 bits per heavy atom. The first-order valence-electron chi connectivity index (χ1n) is 11.5. The molecule has 37 heavy (non-hydrogen) atoms. The maximum atomic E-state index is 12.6. The van der Waals surface area contributed by atoms with Gasteiger partial charge in [-0.15, -0.1) is 11.3 Å². The lowest BCUT2D eigenvalue weighted by atomic mass is 10.1. The van der Waals surface area contributed by atoms with Crippen LogP contribution in [0.2, 0.25) is 8.67 Å². The number of hydrogen-bond acceptors (Lipinski definition) is 6. The highest BCUT2D eigenvalue weighted by molar-refractivity contribution is 7.20. The number of carboxylic acids is 1. The molecule has 0 aliphatic rings. The van der Waals surface area contributed by atoms with Gasteiger partial charge in [0.15, 0.2) is 0 Å². The van der Waals surface area contributed by atoms with E-state index in [0.717, 1.165) is 39.5 Å². The zero-order valence-electron chi connectivity index (χ0n) is 19.9. The smallest absolute Gasteiger partial charge is 0.303 e. The maximum Gasteiger partial charge on any atom is 0.303 e. The number of carbonyl (C=O) groups excluding carboxylic acids is 1. The quantitative estimate of drug-likeness (QED) is 0.215. The van der Waals surface area contributed by atoms with Gasteiger partial charge >= 0.3 is 5.97 Å². The third kappa shape index (κ3) is 7.13. The van der Waals surface area contributed by atoms with Gasteiger partial charge < -0.3 is 19.6 Å². The zero-order chi connectivity index (χ0) is 26.4. The Morgan fingerprint density at radius 2 is 1.89 bits per heavy atom. The zero-order valence-corrected chi connectivity index (χ0v) is 22.3. The van der Waals surface area contributed by atoms with E-state index in [0.29, 0.717) is 45.3 Å². The molecule has 0 fully saturated rings. The van der Waals surface area contributed by atoms with Gasteiger partial charge in [0, 0.05) is 30.5 Å². The molecule has 0 atom stereocenters. The number of aromatic nitrogens is 1. The van der Waals surface area contributed by atoms with Crippen LogP contribution in [-0.4, -0.2) is 28.6 Å². The van der Waals surface area contributed by atoms with Gasteiger partial charge in [0.2, 0.25) is 5.89 Å². The Balaban J connectivity index is 1.45. The van der Waals surface area contributed by atoms with Crippen molar-refractivity contribution in [1.29, 1.82) is 0 Å². The van der Waals surface area contributed by atoms with Crippen molar-refractivity contribution in [2.45, 2.75) is 32.7 Å². The van der Waals surface area contributed by atoms with Crippen LogP contribution < -0.4 is 10.1 Å². The maximum absolute atomic E-state index is 12.6. The minimum absolute atomic E-state index is 0.00416. The normalized spacial score (nSPS) is 10.9. The summed E-state index contributed by atoms with van der Waals surface area (Å²) in [4.78, 5) is 28.3. The third-order valence-electron chi connectivity index (χ3n) is 5.60. The van der Waals surface area contributed by atoms with Crippen LogP contribution in [0.25, 0.3) is 11.5 Å². The topological polar surface area (TPSA) is 102 Å². The number of carboxylic acid groups (broad SMARTS) is 1. The molecule has 0 radical (unpaired) electrons. The van der Waals surface area contributed by atoms with Crippen molar-refractivity contribution in [2.24, 2.45) is 0 Å². The molecular weight excluding hydrogens is 535 g/mol. The fourth-order valence-electron chi connectivity index (χ4n) is 3.71. The standard InChI is InChI=1S/C27H24Cl2N2O5S/c1-16-21(31-27(36-16)18-5-3-2-4-6-18)11-12-35-22-9-7-17(8-10-24(32)33)13-19(22)15-30-26(34)20-14-23(28)37-25(20)29/h2-7,9,13-14H,8,10-12,15H2,1H3,(H,30,34)(H,32,33). The summed E-state index contributed by atoms with van der Waals surface area (Å²) in [7, 11) is 0. The van der Waals surface area contributed by atoms with Crippen molar-refractivity contribution < 1.29 is 23.8 Å². The molecule has 0 aliphatic heterocycles. The fraction of sp³-hybridized carbons (Fsp3) is 0.222. The molecule has 0 saturated heterocycles. The van der Waals surface area contributed by atoms with Crippen molar-refractivity contribution in [2.75, 3.05) is 6.61 Å². The molecule has 4 rings (SSSR count). The molecule has 7 nitrogen and oxygen atoms in total. The fourth-order valence-corrected chi connectivity index (χ4v) is 5.16. The van der Waals surface area contributed by atoms with E-state index in [9.17, 15) is 9.59 Å². The van der Waals surface area contributed by atoms with Gasteiger partial charge in [-0.3, -0.25) is 9.59 Å². The minimum Gasteiger partial charge on any atom is -0.493 e. The highest BCUT2D eigenvalue weighted by Gasteiger charge is 2.16. The molecule has 192 valence electrons. The van der Waals surface area contributed by atoms with Crippen LogP contribution in [0.3, 0.4) is 0 Å². The van der Waals surface area contributed by atoms with Crippen LogP contribution in [0.15, 0.2) is 59.0 Å². The lowest BCUT2D eigenvalue weighted by molar-refractivity contribution is -0.136. The van der Waals surface area contributed by atoms with Gasteiger partial charge in [-0.25, -0.2) is 4.98 Å². The highest BCUT2D eigenvalue weighted by Crippen LogP contribution is 2.31. The predicted molar refractivity (Wildman–Crippen MR) is 144 cm³/mol. The summed E-state index contributed by atoms with van der Waals surface area (Å²) < 4.78 is 12.6. The number of nitrogens with one attached hydrogen (secondary N) is 1. The van der Waals surface area contributed by atoms with E-state index >= 15 is 0 Å². The number of halogens is 2. The minimum atomic E-state index is -0.878. The monoisotopic (exact) mass is 558 g/mol. The summed E-state index contributed by atoms with van der Waals surface area (Å²) in [5.41, 5.74) is 3.55. The van der Waals surface area contributed by atoms with Gasteiger partial charge in [-0.1, -0.05) is 53.5 Å². The lowest BCUT2D eigenvalue weighted by Gasteiger charge is -2.14.